The first-order valence-corrected chi connectivity index (χ1v) is 5.62. The zero-order valence-corrected chi connectivity index (χ0v) is 9.43. The molecule has 2 heterocycles. The van der Waals surface area contributed by atoms with Gasteiger partial charge in [-0.3, -0.25) is 9.97 Å². The Hall–Kier alpha value is -1.04. The average molecular weight is 223 g/mol. The van der Waals surface area contributed by atoms with Crippen molar-refractivity contribution >= 4 is 0 Å². The van der Waals surface area contributed by atoms with E-state index in [0.717, 1.165) is 18.7 Å². The van der Waals surface area contributed by atoms with E-state index in [0.29, 0.717) is 13.2 Å². The van der Waals surface area contributed by atoms with Crippen LogP contribution in [0.15, 0.2) is 18.6 Å². The lowest BCUT2D eigenvalue weighted by Crippen LogP contribution is -2.26. The number of nitrogens with zero attached hydrogens (tertiary/aromatic N) is 2. The molecule has 1 aromatic rings. The zero-order chi connectivity index (χ0) is 11.2. The zero-order valence-electron chi connectivity index (χ0n) is 9.43. The fraction of sp³-hybridized carbons (Fsp3) is 0.636. The number of rotatable bonds is 5. The monoisotopic (exact) mass is 223 g/mol. The molecule has 0 spiro atoms. The summed E-state index contributed by atoms with van der Waals surface area (Å²) in [5.41, 5.74) is 0.934. The van der Waals surface area contributed by atoms with E-state index in [1.54, 1.807) is 18.6 Å². The highest BCUT2D eigenvalue weighted by atomic mass is 16.7. The molecule has 5 nitrogen and oxygen atoms in total. The topological polar surface area (TPSA) is 56.3 Å². The van der Waals surface area contributed by atoms with E-state index in [-0.39, 0.29) is 12.3 Å². The summed E-state index contributed by atoms with van der Waals surface area (Å²) in [6, 6.07) is 0.141. The molecule has 0 radical (unpaired) electrons. The third-order valence-electron chi connectivity index (χ3n) is 2.51. The molecule has 1 fully saturated rings. The maximum Gasteiger partial charge on any atom is 0.159 e. The molecule has 0 bridgehead atoms. The van der Waals surface area contributed by atoms with E-state index < -0.39 is 0 Å². The van der Waals surface area contributed by atoms with Crippen LogP contribution in [-0.4, -0.2) is 36.0 Å². The van der Waals surface area contributed by atoms with E-state index in [1.807, 2.05) is 0 Å². The molecule has 0 aromatic carbocycles. The van der Waals surface area contributed by atoms with Crippen LogP contribution < -0.4 is 5.32 Å². The average Bonchev–Trinajstić information content (AvgIpc) is 2.83. The maximum atomic E-state index is 5.44. The first-order valence-electron chi connectivity index (χ1n) is 5.62. The Balaban J connectivity index is 1.99. The summed E-state index contributed by atoms with van der Waals surface area (Å²) in [4.78, 5) is 8.38. The van der Waals surface area contributed by atoms with Gasteiger partial charge in [0.05, 0.1) is 24.9 Å². The molecule has 1 N–H and O–H groups in total. The molecule has 1 aliphatic rings. The second-order valence-corrected chi connectivity index (χ2v) is 3.65. The van der Waals surface area contributed by atoms with E-state index in [1.165, 1.54) is 0 Å². The molecule has 1 unspecified atom stereocenters. The van der Waals surface area contributed by atoms with E-state index in [9.17, 15) is 0 Å². The highest BCUT2D eigenvalue weighted by Gasteiger charge is 2.22. The van der Waals surface area contributed by atoms with Crippen molar-refractivity contribution in [2.75, 3.05) is 19.8 Å². The SMILES string of the molecule is CCNC(CC1OCCO1)c1cnccn1. The molecule has 0 aliphatic carbocycles. The standard InChI is InChI=1S/C11H17N3O2/c1-2-13-9(7-11-15-5-6-16-11)10-8-12-3-4-14-10/h3-4,8-9,11,13H,2,5-7H2,1H3. The van der Waals surface area contributed by atoms with Crippen LogP contribution >= 0.6 is 0 Å². The van der Waals surface area contributed by atoms with Gasteiger partial charge in [-0.25, -0.2) is 0 Å². The fourth-order valence-electron chi connectivity index (χ4n) is 1.78. The number of aromatic nitrogens is 2. The lowest BCUT2D eigenvalue weighted by Gasteiger charge is -2.19. The number of nitrogens with one attached hydrogen (secondary N) is 1. The van der Waals surface area contributed by atoms with Gasteiger partial charge >= 0.3 is 0 Å². The molecule has 1 aromatic heterocycles. The van der Waals surface area contributed by atoms with Crippen LogP contribution in [0.1, 0.15) is 25.1 Å². The summed E-state index contributed by atoms with van der Waals surface area (Å²) in [6.07, 6.45) is 5.81. The summed E-state index contributed by atoms with van der Waals surface area (Å²) in [7, 11) is 0. The van der Waals surface area contributed by atoms with Gasteiger partial charge in [-0.15, -0.1) is 0 Å². The first-order chi connectivity index (χ1) is 7.90. The quantitative estimate of drug-likeness (QED) is 0.803. The van der Waals surface area contributed by atoms with Crippen molar-refractivity contribution in [1.82, 2.24) is 15.3 Å². The largest absolute Gasteiger partial charge is 0.350 e. The summed E-state index contributed by atoms with van der Waals surface area (Å²) < 4.78 is 10.9. The van der Waals surface area contributed by atoms with Crippen molar-refractivity contribution in [3.63, 3.8) is 0 Å². The Morgan fingerprint density at radius 2 is 2.25 bits per heavy atom. The predicted octanol–water partition coefficient (Wildman–Crippen LogP) is 0.890. The Morgan fingerprint density at radius 3 is 2.88 bits per heavy atom. The van der Waals surface area contributed by atoms with Crippen molar-refractivity contribution in [3.8, 4) is 0 Å². The van der Waals surface area contributed by atoms with Crippen molar-refractivity contribution in [2.24, 2.45) is 0 Å². The van der Waals surface area contributed by atoms with Gasteiger partial charge < -0.3 is 14.8 Å². The minimum atomic E-state index is -0.119. The van der Waals surface area contributed by atoms with Gasteiger partial charge in [-0.1, -0.05) is 6.92 Å². The Kier molecular flexibility index (Phi) is 4.21. The highest BCUT2D eigenvalue weighted by Crippen LogP contribution is 2.20. The Bertz CT molecular complexity index is 301. The van der Waals surface area contributed by atoms with E-state index in [2.05, 4.69) is 22.2 Å². The van der Waals surface area contributed by atoms with Crippen molar-refractivity contribution in [2.45, 2.75) is 25.7 Å². The summed E-state index contributed by atoms with van der Waals surface area (Å²) in [6.45, 7) is 4.32. The summed E-state index contributed by atoms with van der Waals surface area (Å²) >= 11 is 0. The number of ether oxygens (including phenoxy) is 2. The van der Waals surface area contributed by atoms with Gasteiger partial charge in [0, 0.05) is 25.0 Å². The lowest BCUT2D eigenvalue weighted by molar-refractivity contribution is -0.0531. The summed E-state index contributed by atoms with van der Waals surface area (Å²) in [5, 5.41) is 3.36. The van der Waals surface area contributed by atoms with Crippen molar-refractivity contribution < 1.29 is 9.47 Å². The molecule has 0 amide bonds. The molecule has 1 atom stereocenters. The van der Waals surface area contributed by atoms with Gasteiger partial charge in [-0.05, 0) is 6.54 Å². The van der Waals surface area contributed by atoms with E-state index in [4.69, 9.17) is 9.47 Å². The van der Waals surface area contributed by atoms with Gasteiger partial charge in [0.15, 0.2) is 6.29 Å². The van der Waals surface area contributed by atoms with Crippen molar-refractivity contribution in [1.29, 1.82) is 0 Å². The fourth-order valence-corrected chi connectivity index (χ4v) is 1.78. The van der Waals surface area contributed by atoms with Crippen LogP contribution in [0.5, 0.6) is 0 Å². The van der Waals surface area contributed by atoms with Crippen LogP contribution in [0.25, 0.3) is 0 Å². The Labute approximate surface area is 95.2 Å². The van der Waals surface area contributed by atoms with Crippen LogP contribution in [0.2, 0.25) is 0 Å². The third kappa shape index (κ3) is 2.98. The van der Waals surface area contributed by atoms with Crippen LogP contribution in [0.3, 0.4) is 0 Å². The first kappa shape index (κ1) is 11.4. The van der Waals surface area contributed by atoms with Crippen LogP contribution in [0, 0.1) is 0 Å². The van der Waals surface area contributed by atoms with E-state index >= 15 is 0 Å². The van der Waals surface area contributed by atoms with Crippen molar-refractivity contribution in [3.05, 3.63) is 24.3 Å². The Morgan fingerprint density at radius 1 is 1.44 bits per heavy atom. The third-order valence-corrected chi connectivity index (χ3v) is 2.51. The molecular formula is C11H17N3O2. The van der Waals surface area contributed by atoms with Crippen LogP contribution in [0.4, 0.5) is 0 Å². The number of hydrogen-bond acceptors (Lipinski definition) is 5. The smallest absolute Gasteiger partial charge is 0.159 e. The molecule has 5 heteroatoms. The maximum absolute atomic E-state index is 5.44. The second-order valence-electron chi connectivity index (χ2n) is 3.65. The minimum absolute atomic E-state index is 0.119. The predicted molar refractivity (Wildman–Crippen MR) is 58.8 cm³/mol. The van der Waals surface area contributed by atoms with Gasteiger partial charge in [0.2, 0.25) is 0 Å². The molecular weight excluding hydrogens is 206 g/mol. The number of hydrogen-bond donors (Lipinski definition) is 1. The normalized spacial score (nSPS) is 18.8. The summed E-state index contributed by atoms with van der Waals surface area (Å²) in [5.74, 6) is 0. The van der Waals surface area contributed by atoms with Crippen LogP contribution in [-0.2, 0) is 9.47 Å². The molecule has 1 aliphatic heterocycles. The van der Waals surface area contributed by atoms with Gasteiger partial charge in [0.1, 0.15) is 0 Å². The molecule has 2 rings (SSSR count). The lowest BCUT2D eigenvalue weighted by atomic mass is 10.1. The molecule has 88 valence electrons. The van der Waals surface area contributed by atoms with Gasteiger partial charge in [0.25, 0.3) is 0 Å². The van der Waals surface area contributed by atoms with Gasteiger partial charge in [-0.2, -0.15) is 0 Å². The molecule has 0 saturated carbocycles. The minimum Gasteiger partial charge on any atom is -0.350 e. The molecule has 1 saturated heterocycles. The molecule has 16 heavy (non-hydrogen) atoms. The highest BCUT2D eigenvalue weighted by molar-refractivity contribution is 5.02. The second kappa shape index (κ2) is 5.89.